The van der Waals surface area contributed by atoms with Gasteiger partial charge in [-0.15, -0.1) is 22.7 Å². The fourth-order valence-corrected chi connectivity index (χ4v) is 3.47. The third-order valence-corrected chi connectivity index (χ3v) is 4.68. The van der Waals surface area contributed by atoms with E-state index in [9.17, 15) is 0 Å². The minimum Gasteiger partial charge on any atom is -0.306 e. The molecule has 3 rings (SSSR count). The minimum atomic E-state index is 0.834. The van der Waals surface area contributed by atoms with Gasteiger partial charge in [-0.05, 0) is 13.8 Å². The van der Waals surface area contributed by atoms with Gasteiger partial charge in [0, 0.05) is 29.5 Å². The Bertz CT molecular complexity index is 665. The topological polar surface area (TPSA) is 42.2 Å². The summed E-state index contributed by atoms with van der Waals surface area (Å²) in [6.07, 6.45) is 2.08. The molecule has 18 heavy (non-hydrogen) atoms. The lowest BCUT2D eigenvalue weighted by Gasteiger charge is -2.04. The number of hydrogen-bond acceptors (Lipinski definition) is 5. The van der Waals surface area contributed by atoms with E-state index in [1.165, 1.54) is 10.6 Å². The quantitative estimate of drug-likeness (QED) is 0.798. The maximum atomic E-state index is 4.54. The number of aromatic nitrogens is 3. The van der Waals surface area contributed by atoms with Crippen molar-refractivity contribution < 1.29 is 0 Å². The molecule has 6 heteroatoms. The molecule has 0 radical (unpaired) electrons. The van der Waals surface area contributed by atoms with Gasteiger partial charge in [0.2, 0.25) is 0 Å². The first-order valence-electron chi connectivity index (χ1n) is 5.76. The zero-order valence-corrected chi connectivity index (χ0v) is 11.9. The van der Waals surface area contributed by atoms with E-state index in [1.807, 2.05) is 5.51 Å². The van der Waals surface area contributed by atoms with Crippen molar-refractivity contribution in [3.63, 3.8) is 0 Å². The molecule has 3 aromatic heterocycles. The maximum Gasteiger partial charge on any atom is 0.194 e. The Morgan fingerprint density at radius 2 is 2.11 bits per heavy atom. The Morgan fingerprint density at radius 3 is 2.89 bits per heavy atom. The van der Waals surface area contributed by atoms with Gasteiger partial charge in [-0.1, -0.05) is 0 Å². The molecule has 0 saturated carbocycles. The molecule has 0 amide bonds. The number of rotatable bonds is 4. The monoisotopic (exact) mass is 278 g/mol. The van der Waals surface area contributed by atoms with Crippen LogP contribution in [0.1, 0.15) is 22.0 Å². The molecule has 0 fully saturated rings. The van der Waals surface area contributed by atoms with Crippen LogP contribution in [0.15, 0.2) is 17.1 Å². The summed E-state index contributed by atoms with van der Waals surface area (Å²) in [5.74, 6) is 0. The molecule has 0 aliphatic heterocycles. The van der Waals surface area contributed by atoms with Crippen molar-refractivity contribution >= 4 is 27.6 Å². The van der Waals surface area contributed by atoms with Gasteiger partial charge in [0.15, 0.2) is 4.96 Å². The first-order chi connectivity index (χ1) is 8.75. The number of nitrogens with zero attached hydrogens (tertiary/aromatic N) is 3. The average Bonchev–Trinajstić information content (AvgIpc) is 2.99. The van der Waals surface area contributed by atoms with Crippen molar-refractivity contribution in [1.29, 1.82) is 0 Å². The number of nitrogens with one attached hydrogen (secondary N) is 1. The molecular weight excluding hydrogens is 264 g/mol. The van der Waals surface area contributed by atoms with E-state index in [1.54, 1.807) is 22.7 Å². The number of imidazole rings is 1. The highest BCUT2D eigenvalue weighted by Crippen LogP contribution is 2.17. The second-order valence-corrected chi connectivity index (χ2v) is 5.98. The van der Waals surface area contributed by atoms with E-state index in [0.717, 1.165) is 29.4 Å². The van der Waals surface area contributed by atoms with Gasteiger partial charge in [0.1, 0.15) is 0 Å². The van der Waals surface area contributed by atoms with E-state index in [2.05, 4.69) is 45.1 Å². The van der Waals surface area contributed by atoms with Gasteiger partial charge in [-0.3, -0.25) is 4.40 Å². The van der Waals surface area contributed by atoms with Crippen LogP contribution >= 0.6 is 22.7 Å². The normalized spacial score (nSPS) is 11.4. The number of thiazole rings is 2. The average molecular weight is 278 g/mol. The van der Waals surface area contributed by atoms with E-state index in [4.69, 9.17) is 0 Å². The Hall–Kier alpha value is -1.24. The molecule has 3 heterocycles. The first-order valence-corrected chi connectivity index (χ1v) is 7.52. The van der Waals surface area contributed by atoms with Crippen molar-refractivity contribution in [3.05, 3.63) is 39.0 Å². The fraction of sp³-hybridized carbons (Fsp3) is 0.333. The van der Waals surface area contributed by atoms with Crippen LogP contribution in [-0.2, 0) is 13.1 Å². The Labute approximate surface area is 113 Å². The highest BCUT2D eigenvalue weighted by Gasteiger charge is 2.09. The van der Waals surface area contributed by atoms with Crippen LogP contribution in [0.2, 0.25) is 0 Å². The molecule has 0 bridgehead atoms. The largest absolute Gasteiger partial charge is 0.306 e. The highest BCUT2D eigenvalue weighted by molar-refractivity contribution is 7.15. The third kappa shape index (κ3) is 2.07. The standard InChI is InChI=1S/C12H14N4S2/c1-8-10(16-3-4-17-12(16)15-8)5-13-6-11-9(2)14-7-18-11/h3-4,7,13H,5-6H2,1-2H3. The van der Waals surface area contributed by atoms with Crippen LogP contribution in [0.5, 0.6) is 0 Å². The molecular formula is C12H14N4S2. The molecule has 0 unspecified atom stereocenters. The number of hydrogen-bond donors (Lipinski definition) is 1. The van der Waals surface area contributed by atoms with Gasteiger partial charge in [-0.25, -0.2) is 9.97 Å². The molecule has 94 valence electrons. The summed E-state index contributed by atoms with van der Waals surface area (Å²) in [6, 6.07) is 0. The smallest absolute Gasteiger partial charge is 0.194 e. The van der Waals surface area contributed by atoms with E-state index in [0.29, 0.717) is 0 Å². The van der Waals surface area contributed by atoms with Crippen molar-refractivity contribution in [2.75, 3.05) is 0 Å². The molecule has 0 atom stereocenters. The highest BCUT2D eigenvalue weighted by atomic mass is 32.1. The molecule has 0 aliphatic rings. The van der Waals surface area contributed by atoms with Crippen LogP contribution < -0.4 is 5.32 Å². The Kier molecular flexibility index (Phi) is 3.15. The van der Waals surface area contributed by atoms with Crippen molar-refractivity contribution in [2.45, 2.75) is 26.9 Å². The second kappa shape index (κ2) is 4.79. The SMILES string of the molecule is Cc1ncsc1CNCc1c(C)nc2sccn12. The number of aryl methyl sites for hydroxylation is 2. The van der Waals surface area contributed by atoms with Crippen LogP contribution in [-0.4, -0.2) is 14.4 Å². The molecule has 0 saturated heterocycles. The van der Waals surface area contributed by atoms with Crippen molar-refractivity contribution in [2.24, 2.45) is 0 Å². The van der Waals surface area contributed by atoms with Crippen molar-refractivity contribution in [1.82, 2.24) is 19.7 Å². The zero-order valence-electron chi connectivity index (χ0n) is 10.3. The fourth-order valence-electron chi connectivity index (χ4n) is 1.94. The van der Waals surface area contributed by atoms with Gasteiger partial charge >= 0.3 is 0 Å². The summed E-state index contributed by atoms with van der Waals surface area (Å²) in [5, 5.41) is 5.54. The van der Waals surface area contributed by atoms with Crippen LogP contribution in [0, 0.1) is 13.8 Å². The predicted molar refractivity (Wildman–Crippen MR) is 75.2 cm³/mol. The lowest BCUT2D eigenvalue weighted by molar-refractivity contribution is 0.676. The summed E-state index contributed by atoms with van der Waals surface area (Å²) in [6.45, 7) is 5.82. The minimum absolute atomic E-state index is 0.834. The van der Waals surface area contributed by atoms with Gasteiger partial charge in [0.05, 0.1) is 22.6 Å². The molecule has 0 spiro atoms. The van der Waals surface area contributed by atoms with E-state index < -0.39 is 0 Å². The zero-order chi connectivity index (χ0) is 12.5. The molecule has 0 aromatic carbocycles. The van der Waals surface area contributed by atoms with Gasteiger partial charge < -0.3 is 5.32 Å². The summed E-state index contributed by atoms with van der Waals surface area (Å²) in [5.41, 5.74) is 5.37. The number of fused-ring (bicyclic) bond motifs is 1. The maximum absolute atomic E-state index is 4.54. The second-order valence-electron chi connectivity index (χ2n) is 4.16. The van der Waals surface area contributed by atoms with Gasteiger partial charge in [-0.2, -0.15) is 0 Å². The van der Waals surface area contributed by atoms with E-state index in [-0.39, 0.29) is 0 Å². The van der Waals surface area contributed by atoms with Crippen molar-refractivity contribution in [3.8, 4) is 0 Å². The van der Waals surface area contributed by atoms with Gasteiger partial charge in [0.25, 0.3) is 0 Å². The lowest BCUT2D eigenvalue weighted by atomic mass is 10.3. The summed E-state index contributed by atoms with van der Waals surface area (Å²) >= 11 is 3.37. The molecule has 0 aliphatic carbocycles. The molecule has 1 N–H and O–H groups in total. The predicted octanol–water partition coefficient (Wildman–Crippen LogP) is 2.76. The lowest BCUT2D eigenvalue weighted by Crippen LogP contribution is -2.14. The molecule has 3 aromatic rings. The third-order valence-electron chi connectivity index (χ3n) is 2.98. The summed E-state index contributed by atoms with van der Waals surface area (Å²) in [7, 11) is 0. The van der Waals surface area contributed by atoms with Crippen LogP contribution in [0.4, 0.5) is 0 Å². The first kappa shape index (κ1) is 11.8. The Balaban J connectivity index is 1.71. The van der Waals surface area contributed by atoms with Crippen LogP contribution in [0.3, 0.4) is 0 Å². The van der Waals surface area contributed by atoms with E-state index >= 15 is 0 Å². The van der Waals surface area contributed by atoms with Crippen LogP contribution in [0.25, 0.3) is 4.96 Å². The summed E-state index contributed by atoms with van der Waals surface area (Å²) in [4.78, 5) is 11.2. The Morgan fingerprint density at radius 1 is 1.22 bits per heavy atom. The molecule has 4 nitrogen and oxygen atoms in total. The summed E-state index contributed by atoms with van der Waals surface area (Å²) < 4.78 is 2.16.